The Kier molecular flexibility index (Phi) is 7.29. The van der Waals surface area contributed by atoms with E-state index in [0.29, 0.717) is 40.2 Å². The molecule has 10 heteroatoms. The van der Waals surface area contributed by atoms with Crippen LogP contribution in [-0.2, 0) is 0 Å². The molecule has 3 unspecified atom stereocenters. The van der Waals surface area contributed by atoms with Crippen molar-refractivity contribution in [2.45, 2.75) is 90.1 Å². The number of hydrogen-bond donors (Lipinski definition) is 2. The molecular weight excluding hydrogens is 538 g/mol. The van der Waals surface area contributed by atoms with Crippen molar-refractivity contribution in [3.8, 4) is 22.7 Å². The molecule has 220 valence electrons. The van der Waals surface area contributed by atoms with E-state index in [1.54, 1.807) is 0 Å². The third kappa shape index (κ3) is 4.65. The molecule has 2 fully saturated rings. The van der Waals surface area contributed by atoms with Crippen LogP contribution in [0.15, 0.2) is 35.5 Å². The number of hydrogen-bond acceptors (Lipinski definition) is 7. The zero-order valence-electron chi connectivity index (χ0n) is 24.5. The number of aromatic nitrogens is 5. The van der Waals surface area contributed by atoms with Gasteiger partial charge in [-0.1, -0.05) is 40.7 Å². The normalized spacial score (nSPS) is 22.3. The molecular formula is C32H36F2N6O2. The molecule has 4 atom stereocenters. The largest absolute Gasteiger partial charge is 0.507 e. The Morgan fingerprint density at radius 1 is 1.00 bits per heavy atom. The smallest absolute Gasteiger partial charge is 0.353 e. The maximum absolute atomic E-state index is 17.0. The van der Waals surface area contributed by atoms with Crippen LogP contribution in [0.3, 0.4) is 0 Å². The van der Waals surface area contributed by atoms with Gasteiger partial charge in [0.2, 0.25) is 0 Å². The van der Waals surface area contributed by atoms with Crippen LogP contribution in [0.4, 0.5) is 8.78 Å². The van der Waals surface area contributed by atoms with Crippen LogP contribution in [0, 0.1) is 17.6 Å². The molecule has 0 amide bonds. The van der Waals surface area contributed by atoms with Gasteiger partial charge in [-0.15, -0.1) is 0 Å². The molecule has 3 aromatic heterocycles. The standard InChI is InChI=1S/C32H36F2N6O2/c1-15(2)26-31(27(16(3)4)37-14-36-26)40-30-21(13-35-29(25(30)34)24-22(33)7-6-8-23(24)41)28(39-32(40)42)20-12-19-10-9-18(38-19)11-17(20)5/h6-8,13-20,38,41H,9-12H2,1-5H3/t17-,18?,19?,20?/m1/s1. The van der Waals surface area contributed by atoms with Crippen molar-refractivity contribution in [2.75, 3.05) is 0 Å². The first-order valence-electron chi connectivity index (χ1n) is 14.8. The number of aromatic hydroxyl groups is 1. The molecule has 42 heavy (non-hydrogen) atoms. The second-order valence-electron chi connectivity index (χ2n) is 12.4. The molecule has 2 aliphatic heterocycles. The number of halogens is 2. The van der Waals surface area contributed by atoms with Gasteiger partial charge in [-0.05, 0) is 55.6 Å². The lowest BCUT2D eigenvalue weighted by molar-refractivity contribution is 0.376. The minimum absolute atomic E-state index is 0.0641. The molecule has 0 radical (unpaired) electrons. The van der Waals surface area contributed by atoms with E-state index in [1.165, 1.54) is 29.2 Å². The Morgan fingerprint density at radius 2 is 1.67 bits per heavy atom. The van der Waals surface area contributed by atoms with E-state index >= 15 is 8.78 Å². The summed E-state index contributed by atoms with van der Waals surface area (Å²) in [6, 6.07) is 4.46. The molecule has 4 aromatic rings. The van der Waals surface area contributed by atoms with Crippen LogP contribution in [0.5, 0.6) is 5.75 Å². The summed E-state index contributed by atoms with van der Waals surface area (Å²) in [6.07, 6.45) is 6.78. The molecule has 0 saturated carbocycles. The van der Waals surface area contributed by atoms with Crippen molar-refractivity contribution >= 4 is 10.9 Å². The Morgan fingerprint density at radius 3 is 2.31 bits per heavy atom. The van der Waals surface area contributed by atoms with E-state index in [0.717, 1.165) is 31.7 Å². The Balaban J connectivity index is 1.73. The molecule has 0 spiro atoms. The summed E-state index contributed by atoms with van der Waals surface area (Å²) in [5.74, 6) is -2.34. The van der Waals surface area contributed by atoms with Crippen LogP contribution in [-0.4, -0.2) is 41.7 Å². The number of benzene rings is 1. The molecule has 2 aliphatic rings. The molecule has 2 N–H and O–H groups in total. The van der Waals surface area contributed by atoms with Crippen LogP contribution in [0.25, 0.3) is 27.8 Å². The number of fused-ring (bicyclic) bond motifs is 3. The van der Waals surface area contributed by atoms with Gasteiger partial charge in [0.25, 0.3) is 0 Å². The number of phenolic OH excluding ortho intramolecular Hbond substituents is 1. The first-order valence-corrected chi connectivity index (χ1v) is 14.8. The predicted octanol–water partition coefficient (Wildman–Crippen LogP) is 6.10. The highest BCUT2D eigenvalue weighted by molar-refractivity contribution is 5.88. The Hall–Kier alpha value is -3.79. The summed E-state index contributed by atoms with van der Waals surface area (Å²) in [5, 5.41) is 14.6. The van der Waals surface area contributed by atoms with Crippen LogP contribution < -0.4 is 11.0 Å². The fourth-order valence-corrected chi connectivity index (χ4v) is 6.89. The van der Waals surface area contributed by atoms with E-state index in [9.17, 15) is 9.90 Å². The topological polar surface area (TPSA) is 106 Å². The van der Waals surface area contributed by atoms with Crippen molar-refractivity contribution < 1.29 is 13.9 Å². The molecule has 2 bridgehead atoms. The van der Waals surface area contributed by atoms with E-state index in [2.05, 4.69) is 32.2 Å². The highest BCUT2D eigenvalue weighted by Crippen LogP contribution is 2.43. The van der Waals surface area contributed by atoms with Crippen molar-refractivity contribution in [1.29, 1.82) is 0 Å². The molecule has 2 saturated heterocycles. The molecule has 5 heterocycles. The van der Waals surface area contributed by atoms with Gasteiger partial charge < -0.3 is 10.4 Å². The summed E-state index contributed by atoms with van der Waals surface area (Å²) >= 11 is 0. The van der Waals surface area contributed by atoms with E-state index in [-0.39, 0.29) is 40.4 Å². The molecule has 6 rings (SSSR count). The van der Waals surface area contributed by atoms with Gasteiger partial charge in [-0.25, -0.2) is 23.5 Å². The highest BCUT2D eigenvalue weighted by Gasteiger charge is 2.38. The van der Waals surface area contributed by atoms with Crippen molar-refractivity contribution in [3.05, 3.63) is 69.9 Å². The Labute approximate surface area is 243 Å². The van der Waals surface area contributed by atoms with E-state index in [1.807, 2.05) is 27.7 Å². The van der Waals surface area contributed by atoms with Crippen LogP contribution in [0.2, 0.25) is 0 Å². The van der Waals surface area contributed by atoms with Gasteiger partial charge in [-0.3, -0.25) is 9.55 Å². The summed E-state index contributed by atoms with van der Waals surface area (Å²) in [5.41, 5.74) is 0.552. The van der Waals surface area contributed by atoms with Crippen molar-refractivity contribution in [1.82, 2.24) is 29.8 Å². The SMILES string of the molecule is CC(C)c1ncnc(C(C)C)c1-n1c(=O)nc(C2CC3CCC(C[C@H]2C)N3)c2cnc(-c3c(O)cccc3F)c(F)c21. The fraction of sp³-hybridized carbons (Fsp3) is 0.469. The molecule has 1 aromatic carbocycles. The van der Waals surface area contributed by atoms with Gasteiger partial charge in [0.1, 0.15) is 23.6 Å². The van der Waals surface area contributed by atoms with Crippen molar-refractivity contribution in [2.24, 2.45) is 5.92 Å². The van der Waals surface area contributed by atoms with E-state index in [4.69, 9.17) is 0 Å². The van der Waals surface area contributed by atoms with Gasteiger partial charge in [0.15, 0.2) is 5.82 Å². The maximum atomic E-state index is 17.0. The molecule has 8 nitrogen and oxygen atoms in total. The summed E-state index contributed by atoms with van der Waals surface area (Å²) in [4.78, 5) is 32.2. The predicted molar refractivity (Wildman–Crippen MR) is 157 cm³/mol. The van der Waals surface area contributed by atoms with Gasteiger partial charge in [0, 0.05) is 29.6 Å². The number of nitrogens with zero attached hydrogens (tertiary/aromatic N) is 5. The van der Waals surface area contributed by atoms with Crippen LogP contribution >= 0.6 is 0 Å². The van der Waals surface area contributed by atoms with E-state index < -0.39 is 23.1 Å². The lowest BCUT2D eigenvalue weighted by atomic mass is 9.80. The fourth-order valence-electron chi connectivity index (χ4n) is 6.89. The lowest BCUT2D eigenvalue weighted by Crippen LogP contribution is -2.30. The summed E-state index contributed by atoms with van der Waals surface area (Å²) < 4.78 is 33.3. The minimum atomic E-state index is -0.914. The third-order valence-corrected chi connectivity index (χ3v) is 8.89. The highest BCUT2D eigenvalue weighted by atomic mass is 19.1. The summed E-state index contributed by atoms with van der Waals surface area (Å²) in [6.45, 7) is 9.93. The number of rotatable bonds is 5. The second-order valence-corrected chi connectivity index (χ2v) is 12.4. The maximum Gasteiger partial charge on any atom is 0.353 e. The van der Waals surface area contributed by atoms with Gasteiger partial charge in [-0.2, -0.15) is 4.98 Å². The average molecular weight is 575 g/mol. The van der Waals surface area contributed by atoms with Crippen molar-refractivity contribution in [3.63, 3.8) is 0 Å². The quantitative estimate of drug-likeness (QED) is 0.297. The third-order valence-electron chi connectivity index (χ3n) is 8.89. The molecule has 0 aliphatic carbocycles. The minimum Gasteiger partial charge on any atom is -0.507 e. The summed E-state index contributed by atoms with van der Waals surface area (Å²) in [7, 11) is 0. The second kappa shape index (κ2) is 10.8. The van der Waals surface area contributed by atoms with Gasteiger partial charge in [0.05, 0.1) is 33.8 Å². The number of phenols is 1. The Bertz CT molecular complexity index is 1690. The van der Waals surface area contributed by atoms with Gasteiger partial charge >= 0.3 is 5.69 Å². The zero-order chi connectivity index (χ0) is 29.9. The average Bonchev–Trinajstić information content (AvgIpc) is 3.31. The number of pyridine rings is 1. The first kappa shape index (κ1) is 28.3. The first-order chi connectivity index (χ1) is 20.1. The number of nitrogens with one attached hydrogen (secondary N) is 1. The monoisotopic (exact) mass is 574 g/mol. The zero-order valence-corrected chi connectivity index (χ0v) is 24.5. The van der Waals surface area contributed by atoms with Crippen LogP contribution in [0.1, 0.15) is 95.1 Å². The lowest BCUT2D eigenvalue weighted by Gasteiger charge is -2.27.